The van der Waals surface area contributed by atoms with E-state index in [4.69, 9.17) is 4.74 Å². The number of carbonyl (C=O) groups excluding carboxylic acids is 1. The number of aliphatic carboxylic acids is 1. The smallest absolute Gasteiger partial charge is 0.322 e. The molecule has 39 heavy (non-hydrogen) atoms. The molecule has 10 heteroatoms. The number of nitrogens with zero attached hydrogens (tertiary/aromatic N) is 1. The molecule has 1 aliphatic heterocycles. The van der Waals surface area contributed by atoms with Gasteiger partial charge in [0.1, 0.15) is 18.4 Å². The lowest BCUT2D eigenvalue weighted by Gasteiger charge is -2.21. The van der Waals surface area contributed by atoms with Crippen molar-refractivity contribution in [3.63, 3.8) is 0 Å². The molecule has 4 aromatic rings. The largest absolute Gasteiger partial charge is 0.489 e. The Morgan fingerprint density at radius 1 is 1.03 bits per heavy atom. The van der Waals surface area contributed by atoms with E-state index in [-0.39, 0.29) is 23.8 Å². The van der Waals surface area contributed by atoms with E-state index in [1.165, 1.54) is 11.3 Å². The number of anilines is 1. The Morgan fingerprint density at radius 2 is 1.72 bits per heavy atom. The minimum absolute atomic E-state index is 0.0529. The number of carboxylic acids is 1. The van der Waals surface area contributed by atoms with Crippen LogP contribution < -0.4 is 10.1 Å². The van der Waals surface area contributed by atoms with Gasteiger partial charge in [-0.2, -0.15) is 4.31 Å². The highest BCUT2D eigenvalue weighted by Gasteiger charge is 2.43. The highest BCUT2D eigenvalue weighted by molar-refractivity contribution is 7.89. The maximum Gasteiger partial charge on any atom is 0.322 e. The van der Waals surface area contributed by atoms with Crippen LogP contribution in [0.2, 0.25) is 0 Å². The van der Waals surface area contributed by atoms with Crippen LogP contribution in [0.15, 0.2) is 89.8 Å². The number of rotatable bonds is 9. The Labute approximate surface area is 230 Å². The molecule has 8 nitrogen and oxygen atoms in total. The first-order valence-electron chi connectivity index (χ1n) is 12.3. The molecular weight excluding hydrogens is 536 g/mol. The fourth-order valence-electron chi connectivity index (χ4n) is 4.38. The third-order valence-electron chi connectivity index (χ3n) is 6.47. The maximum absolute atomic E-state index is 13.0. The molecule has 0 aliphatic carbocycles. The number of nitrogens with one attached hydrogen (secondary N) is 1. The van der Waals surface area contributed by atoms with Crippen LogP contribution in [-0.4, -0.2) is 35.7 Å². The van der Waals surface area contributed by atoms with Crippen LogP contribution in [0.5, 0.6) is 5.75 Å². The van der Waals surface area contributed by atoms with Crippen molar-refractivity contribution in [3.05, 3.63) is 101 Å². The average molecular weight is 563 g/mol. The van der Waals surface area contributed by atoms with E-state index >= 15 is 0 Å². The summed E-state index contributed by atoms with van der Waals surface area (Å²) in [5.74, 6) is -0.745. The number of amides is 1. The molecule has 1 aliphatic rings. The number of ether oxygens (including phenoxy) is 1. The predicted molar refractivity (Wildman–Crippen MR) is 149 cm³/mol. The summed E-state index contributed by atoms with van der Waals surface area (Å²) in [6, 6.07) is 24.4. The third-order valence-corrected chi connectivity index (χ3v) is 9.69. The number of sulfonamides is 1. The summed E-state index contributed by atoms with van der Waals surface area (Å²) in [5, 5.41) is 12.3. The summed E-state index contributed by atoms with van der Waals surface area (Å²) in [7, 11) is -3.87. The molecule has 3 aromatic carbocycles. The zero-order valence-electron chi connectivity index (χ0n) is 21.0. The van der Waals surface area contributed by atoms with Crippen molar-refractivity contribution in [1.82, 2.24) is 4.31 Å². The van der Waals surface area contributed by atoms with Gasteiger partial charge >= 0.3 is 5.97 Å². The molecule has 1 aromatic heterocycles. The number of hydrogen-bond donors (Lipinski definition) is 2. The molecule has 1 unspecified atom stereocenters. The molecule has 0 spiro atoms. The number of thiophene rings is 1. The van der Waals surface area contributed by atoms with Gasteiger partial charge in [-0.05, 0) is 60.0 Å². The van der Waals surface area contributed by atoms with Gasteiger partial charge in [-0.1, -0.05) is 49.4 Å². The van der Waals surface area contributed by atoms with Crippen molar-refractivity contribution in [1.29, 1.82) is 0 Å². The van der Waals surface area contributed by atoms with Crippen LogP contribution >= 0.6 is 11.3 Å². The SMILES string of the molecule is CCC(C(=O)O)N1Cc2sc(-c3ccc(NC(=O)c4ccc(OCc5ccccc5)cc4)cc3)cc2S1(=O)=O. The summed E-state index contributed by atoms with van der Waals surface area (Å²) < 4.78 is 32.8. The number of hydrogen-bond acceptors (Lipinski definition) is 6. The molecule has 2 heterocycles. The zero-order chi connectivity index (χ0) is 27.6. The van der Waals surface area contributed by atoms with E-state index in [0.29, 0.717) is 28.5 Å². The van der Waals surface area contributed by atoms with Gasteiger partial charge in [0.25, 0.3) is 5.91 Å². The zero-order valence-corrected chi connectivity index (χ0v) is 22.7. The first kappa shape index (κ1) is 26.6. The van der Waals surface area contributed by atoms with Crippen LogP contribution in [0.3, 0.4) is 0 Å². The van der Waals surface area contributed by atoms with Crippen molar-refractivity contribution in [2.24, 2.45) is 0 Å². The highest BCUT2D eigenvalue weighted by Crippen LogP contribution is 2.42. The van der Waals surface area contributed by atoms with E-state index in [9.17, 15) is 23.1 Å². The van der Waals surface area contributed by atoms with Crippen LogP contribution in [0.25, 0.3) is 10.4 Å². The molecular formula is C29H26N2O6S2. The average Bonchev–Trinajstić information content (AvgIpc) is 3.47. The van der Waals surface area contributed by atoms with Gasteiger partial charge in [0.15, 0.2) is 0 Å². The van der Waals surface area contributed by atoms with Crippen LogP contribution in [0.4, 0.5) is 5.69 Å². The predicted octanol–water partition coefficient (Wildman–Crippen LogP) is 5.61. The summed E-state index contributed by atoms with van der Waals surface area (Å²) >= 11 is 1.33. The number of carboxylic acid groups (broad SMARTS) is 1. The minimum atomic E-state index is -3.87. The van der Waals surface area contributed by atoms with Crippen LogP contribution in [-0.2, 0) is 28.0 Å². The maximum atomic E-state index is 13.0. The molecule has 5 rings (SSSR count). The van der Waals surface area contributed by atoms with Gasteiger partial charge in [-0.15, -0.1) is 11.3 Å². The topological polar surface area (TPSA) is 113 Å². The number of fused-ring (bicyclic) bond motifs is 1. The lowest BCUT2D eigenvalue weighted by Crippen LogP contribution is -2.40. The normalized spacial score (nSPS) is 14.9. The Hall–Kier alpha value is -3.99. The van der Waals surface area contributed by atoms with Gasteiger partial charge in [0, 0.05) is 21.0 Å². The van der Waals surface area contributed by atoms with Crippen molar-refractivity contribution in [3.8, 4) is 16.2 Å². The fourth-order valence-corrected chi connectivity index (χ4v) is 7.78. The second kappa shape index (κ2) is 11.0. The molecule has 0 saturated heterocycles. The molecule has 0 radical (unpaired) electrons. The third kappa shape index (κ3) is 5.58. The number of benzene rings is 3. The quantitative estimate of drug-likeness (QED) is 0.274. The van der Waals surface area contributed by atoms with Gasteiger partial charge in [0.05, 0.1) is 11.4 Å². The summed E-state index contributed by atoms with van der Waals surface area (Å²) in [5.41, 5.74) is 2.95. The van der Waals surface area contributed by atoms with Crippen LogP contribution in [0.1, 0.15) is 34.1 Å². The Kier molecular flexibility index (Phi) is 7.51. The molecule has 0 saturated carbocycles. The molecule has 2 N–H and O–H groups in total. The van der Waals surface area contributed by atoms with Crippen molar-refractivity contribution in [2.45, 2.75) is 37.4 Å². The number of carbonyl (C=O) groups is 2. The molecule has 0 fully saturated rings. The van der Waals surface area contributed by atoms with E-state index in [1.54, 1.807) is 49.4 Å². The molecule has 200 valence electrons. The monoisotopic (exact) mass is 562 g/mol. The van der Waals surface area contributed by atoms with Crippen molar-refractivity contribution < 1.29 is 27.9 Å². The summed E-state index contributed by atoms with van der Waals surface area (Å²) in [6.45, 7) is 2.15. The van der Waals surface area contributed by atoms with Crippen molar-refractivity contribution in [2.75, 3.05) is 5.32 Å². The minimum Gasteiger partial charge on any atom is -0.489 e. The molecule has 1 amide bonds. The first-order chi connectivity index (χ1) is 18.8. The second-order valence-corrected chi connectivity index (χ2v) is 12.0. The lowest BCUT2D eigenvalue weighted by atomic mass is 10.1. The van der Waals surface area contributed by atoms with E-state index in [2.05, 4.69) is 5.32 Å². The van der Waals surface area contributed by atoms with Crippen molar-refractivity contribution >= 4 is 38.9 Å². The molecule has 1 atom stereocenters. The summed E-state index contributed by atoms with van der Waals surface area (Å²) in [6.07, 6.45) is 0.190. The lowest BCUT2D eigenvalue weighted by molar-refractivity contribution is -0.141. The Balaban J connectivity index is 1.22. The van der Waals surface area contributed by atoms with E-state index in [1.807, 2.05) is 42.5 Å². The highest BCUT2D eigenvalue weighted by atomic mass is 32.2. The fraction of sp³-hybridized carbons (Fsp3) is 0.172. The van der Waals surface area contributed by atoms with Gasteiger partial charge in [-0.25, -0.2) is 8.42 Å². The molecule has 0 bridgehead atoms. The first-order valence-corrected chi connectivity index (χ1v) is 14.6. The van der Waals surface area contributed by atoms with Gasteiger partial charge in [-0.3, -0.25) is 9.59 Å². The van der Waals surface area contributed by atoms with E-state index < -0.39 is 22.0 Å². The van der Waals surface area contributed by atoms with Gasteiger partial charge in [0.2, 0.25) is 10.0 Å². The van der Waals surface area contributed by atoms with Gasteiger partial charge < -0.3 is 15.2 Å². The van der Waals surface area contributed by atoms with E-state index in [0.717, 1.165) is 20.3 Å². The van der Waals surface area contributed by atoms with Crippen LogP contribution in [0, 0.1) is 0 Å². The Morgan fingerprint density at radius 3 is 2.33 bits per heavy atom. The summed E-state index contributed by atoms with van der Waals surface area (Å²) in [4.78, 5) is 25.8. The standard InChI is InChI=1S/C29H26N2O6S2/c1-2-24(29(33)34)31-17-26-27(39(31,35)36)16-25(38-26)20-8-12-22(13-9-20)30-28(32)21-10-14-23(15-11-21)37-18-19-6-4-3-5-7-19/h3-16,24H,2,17-18H2,1H3,(H,30,32)(H,33,34). The second-order valence-electron chi connectivity index (χ2n) is 9.04. The Bertz CT molecular complexity index is 1600.